The van der Waals surface area contributed by atoms with E-state index in [0.717, 1.165) is 0 Å². The van der Waals surface area contributed by atoms with Crippen LogP contribution in [0.4, 0.5) is 0 Å². The molecule has 0 aliphatic heterocycles. The van der Waals surface area contributed by atoms with Gasteiger partial charge in [0.1, 0.15) is 5.52 Å². The van der Waals surface area contributed by atoms with Crippen molar-refractivity contribution in [2.75, 3.05) is 0 Å². The number of fused-ring (bicyclic) bond motifs is 1. The van der Waals surface area contributed by atoms with E-state index in [4.69, 9.17) is 4.42 Å². The summed E-state index contributed by atoms with van der Waals surface area (Å²) < 4.78 is 5.25. The molecule has 2 rings (SSSR count). The van der Waals surface area contributed by atoms with Gasteiger partial charge in [-0.2, -0.15) is 0 Å². The number of pyridine rings is 1. The Hall–Kier alpha value is -1.84. The Morgan fingerprint density at radius 3 is 2.80 bits per heavy atom. The molecule has 15 heavy (non-hydrogen) atoms. The van der Waals surface area contributed by atoms with Crippen LogP contribution in [-0.2, 0) is 6.42 Å². The number of nitrogens with one attached hydrogen (secondary N) is 1. The van der Waals surface area contributed by atoms with Crippen LogP contribution in [0.3, 0.4) is 0 Å². The van der Waals surface area contributed by atoms with Crippen LogP contribution in [0, 0.1) is 6.92 Å². The third-order valence-corrected chi connectivity index (χ3v) is 2.41. The zero-order valence-corrected chi connectivity index (χ0v) is 8.59. The van der Waals surface area contributed by atoms with E-state index < -0.39 is 0 Å². The first kappa shape index (κ1) is 9.71. The van der Waals surface area contributed by atoms with Crippen molar-refractivity contribution in [1.29, 1.82) is 0 Å². The van der Waals surface area contributed by atoms with Crippen molar-refractivity contribution in [2.24, 2.45) is 0 Å². The molecule has 0 saturated heterocycles. The maximum atomic E-state index is 11.6. The average molecular weight is 205 g/mol. The Morgan fingerprint density at radius 1 is 1.40 bits per heavy atom. The van der Waals surface area contributed by atoms with Crippen molar-refractivity contribution >= 4 is 11.1 Å². The molecule has 1 N–H and O–H groups in total. The highest BCUT2D eigenvalue weighted by Crippen LogP contribution is 2.08. The van der Waals surface area contributed by atoms with Crippen molar-refractivity contribution in [1.82, 2.24) is 4.98 Å². The quantitative estimate of drug-likeness (QED) is 0.764. The van der Waals surface area contributed by atoms with Crippen LogP contribution in [0.5, 0.6) is 0 Å². The lowest BCUT2D eigenvalue weighted by molar-refractivity contribution is 0.594. The van der Waals surface area contributed by atoms with Crippen molar-refractivity contribution in [2.45, 2.75) is 20.3 Å². The normalized spacial score (nSPS) is 10.8. The number of hydrogen-bond donors (Lipinski definition) is 1. The Balaban J connectivity index is 2.94. The molecule has 0 fully saturated rings. The molecule has 0 spiro atoms. The Morgan fingerprint density at radius 2 is 2.13 bits per heavy atom. The first-order valence-electron chi connectivity index (χ1n) is 4.77. The smallest absolute Gasteiger partial charge is 0.251 e. The standard InChI is InChI=1S/C11H11NO3/c1-3-7-4-8-9(12-11(7)14)10(13)6(2)5-15-8/h4-5H,3H2,1-2H3,(H,12,14). The largest absolute Gasteiger partial charge is 0.462 e. The Bertz CT molecular complexity index is 622. The van der Waals surface area contributed by atoms with Crippen LogP contribution >= 0.6 is 0 Å². The zero-order chi connectivity index (χ0) is 11.0. The summed E-state index contributed by atoms with van der Waals surface area (Å²) in [7, 11) is 0. The molecule has 0 aromatic carbocycles. The van der Waals surface area contributed by atoms with Crippen molar-refractivity contribution in [3.8, 4) is 0 Å². The Kier molecular flexibility index (Phi) is 2.19. The summed E-state index contributed by atoms with van der Waals surface area (Å²) >= 11 is 0. The number of H-pyrrole nitrogens is 1. The summed E-state index contributed by atoms with van der Waals surface area (Å²) in [6.45, 7) is 3.53. The van der Waals surface area contributed by atoms with E-state index in [-0.39, 0.29) is 16.5 Å². The fourth-order valence-corrected chi connectivity index (χ4v) is 1.48. The molecule has 4 heteroatoms. The van der Waals surface area contributed by atoms with Crippen LogP contribution in [0.2, 0.25) is 0 Å². The van der Waals surface area contributed by atoms with Gasteiger partial charge in [0.15, 0.2) is 5.58 Å². The van der Waals surface area contributed by atoms with E-state index in [2.05, 4.69) is 4.98 Å². The predicted molar refractivity (Wildman–Crippen MR) is 57.2 cm³/mol. The minimum Gasteiger partial charge on any atom is -0.462 e. The van der Waals surface area contributed by atoms with Gasteiger partial charge in [-0.3, -0.25) is 9.59 Å². The van der Waals surface area contributed by atoms with Crippen LogP contribution in [0.15, 0.2) is 26.3 Å². The van der Waals surface area contributed by atoms with Crippen LogP contribution in [0.1, 0.15) is 18.1 Å². The topological polar surface area (TPSA) is 63.1 Å². The first-order chi connectivity index (χ1) is 7.13. The molecule has 0 saturated carbocycles. The van der Waals surface area contributed by atoms with Crippen LogP contribution in [0.25, 0.3) is 11.1 Å². The molecule has 2 heterocycles. The van der Waals surface area contributed by atoms with Crippen LogP contribution < -0.4 is 11.0 Å². The van der Waals surface area contributed by atoms with Gasteiger partial charge in [-0.25, -0.2) is 0 Å². The molecule has 0 bridgehead atoms. The summed E-state index contributed by atoms with van der Waals surface area (Å²) in [5, 5.41) is 0. The average Bonchev–Trinajstić information content (AvgIpc) is 2.24. The van der Waals surface area contributed by atoms with E-state index in [0.29, 0.717) is 23.1 Å². The van der Waals surface area contributed by atoms with Crippen molar-refractivity contribution in [3.63, 3.8) is 0 Å². The molecule has 4 nitrogen and oxygen atoms in total. The summed E-state index contributed by atoms with van der Waals surface area (Å²) in [6, 6.07) is 1.62. The molecule has 2 aromatic rings. The molecule has 0 aliphatic carbocycles. The van der Waals surface area contributed by atoms with Gasteiger partial charge in [-0.05, 0) is 19.4 Å². The number of rotatable bonds is 1. The lowest BCUT2D eigenvalue weighted by atomic mass is 10.2. The highest BCUT2D eigenvalue weighted by molar-refractivity contribution is 5.72. The Labute approximate surface area is 85.6 Å². The van der Waals surface area contributed by atoms with Gasteiger partial charge >= 0.3 is 0 Å². The predicted octanol–water partition coefficient (Wildman–Crippen LogP) is 1.35. The summed E-state index contributed by atoms with van der Waals surface area (Å²) in [4.78, 5) is 25.7. The van der Waals surface area contributed by atoms with Gasteiger partial charge in [0, 0.05) is 11.1 Å². The number of aryl methyl sites for hydroxylation is 2. The molecule has 0 unspecified atom stereocenters. The monoisotopic (exact) mass is 205 g/mol. The SMILES string of the molecule is CCc1cc2occ(C)c(=O)c2[nH]c1=O. The summed E-state index contributed by atoms with van der Waals surface area (Å²) in [5.74, 6) is 0. The van der Waals surface area contributed by atoms with Gasteiger partial charge in [-0.15, -0.1) is 0 Å². The third kappa shape index (κ3) is 1.48. The maximum absolute atomic E-state index is 11.6. The molecule has 0 aliphatic rings. The number of aromatic amines is 1. The lowest BCUT2D eigenvalue weighted by Crippen LogP contribution is -2.16. The molecule has 0 atom stereocenters. The van der Waals surface area contributed by atoms with Crippen molar-refractivity contribution in [3.05, 3.63) is 44.0 Å². The molecular formula is C11H11NO3. The number of aromatic nitrogens is 1. The van der Waals surface area contributed by atoms with Gasteiger partial charge in [0.2, 0.25) is 5.43 Å². The van der Waals surface area contributed by atoms with Crippen molar-refractivity contribution < 1.29 is 4.42 Å². The minimum absolute atomic E-state index is 0.184. The maximum Gasteiger partial charge on any atom is 0.251 e. The van der Waals surface area contributed by atoms with Gasteiger partial charge < -0.3 is 9.40 Å². The molecule has 0 amide bonds. The second-order valence-electron chi connectivity index (χ2n) is 3.46. The van der Waals surface area contributed by atoms with E-state index >= 15 is 0 Å². The fourth-order valence-electron chi connectivity index (χ4n) is 1.48. The van der Waals surface area contributed by atoms with E-state index in [1.165, 1.54) is 6.26 Å². The zero-order valence-electron chi connectivity index (χ0n) is 8.59. The molecule has 0 radical (unpaired) electrons. The van der Waals surface area contributed by atoms with Gasteiger partial charge in [0.25, 0.3) is 5.56 Å². The van der Waals surface area contributed by atoms with E-state index in [1.54, 1.807) is 13.0 Å². The van der Waals surface area contributed by atoms with Gasteiger partial charge in [0.05, 0.1) is 6.26 Å². The summed E-state index contributed by atoms with van der Waals surface area (Å²) in [5.41, 5.74) is 1.38. The van der Waals surface area contributed by atoms with E-state index in [9.17, 15) is 9.59 Å². The first-order valence-corrected chi connectivity index (χ1v) is 4.77. The second kappa shape index (κ2) is 3.38. The van der Waals surface area contributed by atoms with Crippen LogP contribution in [-0.4, -0.2) is 4.98 Å². The fraction of sp³-hybridized carbons (Fsp3) is 0.273. The van der Waals surface area contributed by atoms with Gasteiger partial charge in [-0.1, -0.05) is 6.92 Å². The third-order valence-electron chi connectivity index (χ3n) is 2.41. The molecule has 2 aromatic heterocycles. The summed E-state index contributed by atoms with van der Waals surface area (Å²) in [6.07, 6.45) is 2.02. The highest BCUT2D eigenvalue weighted by atomic mass is 16.3. The number of hydrogen-bond acceptors (Lipinski definition) is 3. The molecule has 78 valence electrons. The molecular weight excluding hydrogens is 194 g/mol. The highest BCUT2D eigenvalue weighted by Gasteiger charge is 2.07. The minimum atomic E-state index is -0.220. The lowest BCUT2D eigenvalue weighted by Gasteiger charge is -2.00. The second-order valence-corrected chi connectivity index (χ2v) is 3.46. The van der Waals surface area contributed by atoms with E-state index in [1.807, 2.05) is 6.92 Å².